The molecule has 0 bridgehead atoms. The van der Waals surface area contributed by atoms with Gasteiger partial charge in [-0.05, 0) is 37.0 Å². The molecule has 2 rings (SSSR count). The van der Waals surface area contributed by atoms with E-state index in [1.54, 1.807) is 7.11 Å². The van der Waals surface area contributed by atoms with Gasteiger partial charge in [-0.1, -0.05) is 87.7 Å². The molecule has 2 heteroatoms. The van der Waals surface area contributed by atoms with E-state index in [1.807, 2.05) is 31.2 Å². The van der Waals surface area contributed by atoms with Gasteiger partial charge in [-0.2, -0.15) is 0 Å². The first-order valence-corrected chi connectivity index (χ1v) is 10.4. The minimum Gasteiger partial charge on any atom is -0.496 e. The van der Waals surface area contributed by atoms with Crippen LogP contribution in [0.1, 0.15) is 63.1 Å². The molecule has 0 aliphatic heterocycles. The van der Waals surface area contributed by atoms with Crippen molar-refractivity contribution in [3.63, 3.8) is 0 Å². The largest absolute Gasteiger partial charge is 0.496 e. The van der Waals surface area contributed by atoms with Crippen molar-refractivity contribution in [1.29, 1.82) is 0 Å². The molecule has 2 aromatic carbocycles. The summed E-state index contributed by atoms with van der Waals surface area (Å²) in [6.45, 7) is 7.26. The first kappa shape index (κ1) is 21.8. The molecule has 0 N–H and O–H groups in total. The Morgan fingerprint density at radius 1 is 0.929 bits per heavy atom. The lowest BCUT2D eigenvalue weighted by Crippen LogP contribution is -2.12. The van der Waals surface area contributed by atoms with E-state index in [0.29, 0.717) is 5.92 Å². The van der Waals surface area contributed by atoms with E-state index in [4.69, 9.17) is 9.47 Å². The maximum absolute atomic E-state index is 6.32. The lowest BCUT2D eigenvalue weighted by atomic mass is 10.0. The van der Waals surface area contributed by atoms with Crippen LogP contribution in [0.25, 0.3) is 18.2 Å². The van der Waals surface area contributed by atoms with Gasteiger partial charge < -0.3 is 9.47 Å². The number of methoxy groups -OCH3 is 1. The van der Waals surface area contributed by atoms with Crippen LogP contribution in [0.2, 0.25) is 0 Å². The SMILES string of the molecule is C/C=C/c1cc(OCC(CC)CCCC)c(/C=C/c2ccccc2)cc1OC. The third kappa shape index (κ3) is 6.60. The van der Waals surface area contributed by atoms with E-state index in [9.17, 15) is 0 Å². The molecule has 0 aliphatic carbocycles. The summed E-state index contributed by atoms with van der Waals surface area (Å²) in [5.74, 6) is 2.37. The van der Waals surface area contributed by atoms with Crippen molar-refractivity contribution >= 4 is 18.2 Å². The molecule has 0 spiro atoms. The van der Waals surface area contributed by atoms with Crippen LogP contribution in [0.4, 0.5) is 0 Å². The van der Waals surface area contributed by atoms with Crippen molar-refractivity contribution in [2.75, 3.05) is 13.7 Å². The smallest absolute Gasteiger partial charge is 0.127 e. The second kappa shape index (κ2) is 12.1. The van der Waals surface area contributed by atoms with Gasteiger partial charge in [-0.15, -0.1) is 0 Å². The standard InChI is InChI=1S/C26H34O2/c1-5-8-13-21(7-3)20-28-26-19-23(12-6-2)25(27-4)18-24(26)17-16-22-14-10-9-11-15-22/h6,9-12,14-19,21H,5,7-8,13,20H2,1-4H3/b12-6+,17-16+. The average molecular weight is 379 g/mol. The highest BCUT2D eigenvalue weighted by molar-refractivity contribution is 5.75. The van der Waals surface area contributed by atoms with Crippen molar-refractivity contribution in [1.82, 2.24) is 0 Å². The van der Waals surface area contributed by atoms with Gasteiger partial charge in [0.2, 0.25) is 0 Å². The van der Waals surface area contributed by atoms with Crippen LogP contribution in [-0.4, -0.2) is 13.7 Å². The number of hydrogen-bond donors (Lipinski definition) is 0. The van der Waals surface area contributed by atoms with Gasteiger partial charge in [0.05, 0.1) is 13.7 Å². The highest BCUT2D eigenvalue weighted by atomic mass is 16.5. The second-order valence-corrected chi connectivity index (χ2v) is 7.10. The zero-order chi connectivity index (χ0) is 20.2. The molecule has 1 atom stereocenters. The fourth-order valence-electron chi connectivity index (χ4n) is 3.19. The molecular formula is C26H34O2. The minimum absolute atomic E-state index is 0.596. The van der Waals surface area contributed by atoms with Crippen molar-refractivity contribution in [3.05, 3.63) is 65.2 Å². The Labute approximate surface area is 170 Å². The summed E-state index contributed by atoms with van der Waals surface area (Å²) in [7, 11) is 1.71. The van der Waals surface area contributed by atoms with Crippen LogP contribution in [0, 0.1) is 5.92 Å². The zero-order valence-corrected chi connectivity index (χ0v) is 17.8. The summed E-state index contributed by atoms with van der Waals surface area (Å²) >= 11 is 0. The molecule has 0 aliphatic rings. The average Bonchev–Trinajstić information content (AvgIpc) is 2.74. The van der Waals surface area contributed by atoms with Crippen LogP contribution < -0.4 is 9.47 Å². The number of benzene rings is 2. The van der Waals surface area contributed by atoms with Gasteiger partial charge in [0.1, 0.15) is 11.5 Å². The van der Waals surface area contributed by atoms with Gasteiger partial charge >= 0.3 is 0 Å². The molecule has 0 fully saturated rings. The summed E-state index contributed by atoms with van der Waals surface area (Å²) in [6, 6.07) is 14.5. The number of ether oxygens (including phenoxy) is 2. The Bertz CT molecular complexity index is 760. The fraction of sp³-hybridized carbons (Fsp3) is 0.385. The Hall–Kier alpha value is -2.48. The van der Waals surface area contributed by atoms with Crippen LogP contribution in [0.5, 0.6) is 11.5 Å². The third-order valence-electron chi connectivity index (χ3n) is 4.98. The summed E-state index contributed by atoms with van der Waals surface area (Å²) in [5.41, 5.74) is 3.25. The van der Waals surface area contributed by atoms with Crippen molar-refractivity contribution in [2.45, 2.75) is 46.5 Å². The Balaban J connectivity index is 2.30. The molecule has 0 radical (unpaired) electrons. The predicted molar refractivity (Wildman–Crippen MR) is 122 cm³/mol. The van der Waals surface area contributed by atoms with Crippen molar-refractivity contribution in [2.24, 2.45) is 5.92 Å². The monoisotopic (exact) mass is 378 g/mol. The molecule has 0 aromatic heterocycles. The molecule has 2 aromatic rings. The first-order valence-electron chi connectivity index (χ1n) is 10.4. The molecule has 0 saturated heterocycles. The zero-order valence-electron chi connectivity index (χ0n) is 17.8. The molecule has 0 amide bonds. The maximum Gasteiger partial charge on any atom is 0.127 e. The van der Waals surface area contributed by atoms with Gasteiger partial charge in [0.25, 0.3) is 0 Å². The number of unbranched alkanes of at least 4 members (excludes halogenated alkanes) is 1. The van der Waals surface area contributed by atoms with Crippen LogP contribution in [0.15, 0.2) is 48.5 Å². The van der Waals surface area contributed by atoms with Crippen molar-refractivity contribution < 1.29 is 9.47 Å². The molecule has 1 unspecified atom stereocenters. The molecule has 0 saturated carbocycles. The minimum atomic E-state index is 0.596. The highest BCUT2D eigenvalue weighted by Gasteiger charge is 2.12. The van der Waals surface area contributed by atoms with E-state index < -0.39 is 0 Å². The van der Waals surface area contributed by atoms with Gasteiger partial charge in [-0.3, -0.25) is 0 Å². The van der Waals surface area contributed by atoms with E-state index >= 15 is 0 Å². The number of rotatable bonds is 11. The van der Waals surface area contributed by atoms with E-state index in [-0.39, 0.29) is 0 Å². The van der Waals surface area contributed by atoms with Gasteiger partial charge in [-0.25, -0.2) is 0 Å². The molecule has 2 nitrogen and oxygen atoms in total. The Morgan fingerprint density at radius 3 is 2.29 bits per heavy atom. The first-order chi connectivity index (χ1) is 13.7. The normalized spacial score (nSPS) is 12.6. The predicted octanol–water partition coefficient (Wildman–Crippen LogP) is 7.49. The van der Waals surface area contributed by atoms with Gasteiger partial charge in [0, 0.05) is 11.1 Å². The topological polar surface area (TPSA) is 18.5 Å². The second-order valence-electron chi connectivity index (χ2n) is 7.10. The number of allylic oxidation sites excluding steroid dienone is 1. The van der Waals surface area contributed by atoms with E-state index in [1.165, 1.54) is 24.8 Å². The summed E-state index contributed by atoms with van der Waals surface area (Å²) in [4.78, 5) is 0. The maximum atomic E-state index is 6.32. The van der Waals surface area contributed by atoms with E-state index in [0.717, 1.165) is 35.7 Å². The number of hydrogen-bond acceptors (Lipinski definition) is 2. The molecule has 0 heterocycles. The van der Waals surface area contributed by atoms with Gasteiger partial charge in [0.15, 0.2) is 0 Å². The van der Waals surface area contributed by atoms with Crippen LogP contribution in [0.3, 0.4) is 0 Å². The Morgan fingerprint density at radius 2 is 1.64 bits per heavy atom. The third-order valence-corrected chi connectivity index (χ3v) is 4.98. The lowest BCUT2D eigenvalue weighted by Gasteiger charge is -2.18. The quantitative estimate of drug-likeness (QED) is 0.377. The molecule has 150 valence electrons. The molecular weight excluding hydrogens is 344 g/mol. The highest BCUT2D eigenvalue weighted by Crippen LogP contribution is 2.32. The van der Waals surface area contributed by atoms with Crippen LogP contribution >= 0.6 is 0 Å². The Kier molecular flexibility index (Phi) is 9.41. The van der Waals surface area contributed by atoms with E-state index in [2.05, 4.69) is 56.3 Å². The summed E-state index contributed by atoms with van der Waals surface area (Å²) < 4.78 is 11.9. The lowest BCUT2D eigenvalue weighted by molar-refractivity contribution is 0.232. The summed E-state index contributed by atoms with van der Waals surface area (Å²) in [6.07, 6.45) is 13.2. The fourth-order valence-corrected chi connectivity index (χ4v) is 3.19. The summed E-state index contributed by atoms with van der Waals surface area (Å²) in [5, 5.41) is 0. The van der Waals surface area contributed by atoms with Crippen LogP contribution in [-0.2, 0) is 0 Å². The van der Waals surface area contributed by atoms with Crippen molar-refractivity contribution in [3.8, 4) is 11.5 Å². The molecule has 28 heavy (non-hydrogen) atoms.